The van der Waals surface area contributed by atoms with Gasteiger partial charge in [0, 0.05) is 0 Å². The second-order valence-electron chi connectivity index (χ2n) is 7.96. The van der Waals surface area contributed by atoms with E-state index in [9.17, 15) is 9.18 Å². The van der Waals surface area contributed by atoms with Gasteiger partial charge in [0.25, 0.3) is 0 Å². The quantitative estimate of drug-likeness (QED) is 0.182. The number of pyridine rings is 1. The molecule has 0 radical (unpaired) electrons. The number of amides is 1. The number of hydrogen-bond donors (Lipinski definition) is 1. The number of hydrogen-bond acceptors (Lipinski definition) is 5. The molecular formula is C25H24FI2N3O3. The molecule has 6 nitrogen and oxygen atoms in total. The van der Waals surface area contributed by atoms with Gasteiger partial charge in [-0.15, -0.1) is 0 Å². The summed E-state index contributed by atoms with van der Waals surface area (Å²) in [6.45, 7) is 0. The van der Waals surface area contributed by atoms with E-state index in [0.717, 1.165) is 38.9 Å². The molecule has 1 amide bonds. The van der Waals surface area contributed by atoms with Crippen molar-refractivity contribution in [2.75, 3.05) is 12.0 Å². The number of carbonyl (C=O) groups excluding carboxylic acids is 1. The Balaban J connectivity index is 1.38. The molecule has 178 valence electrons. The van der Waals surface area contributed by atoms with Crippen molar-refractivity contribution < 1.29 is 17.0 Å². The van der Waals surface area contributed by atoms with Gasteiger partial charge < -0.3 is 0 Å². The zero-order chi connectivity index (χ0) is 23.7. The molecule has 9 heteroatoms. The number of methoxy groups -OCH3 is 1. The van der Waals surface area contributed by atoms with Crippen molar-refractivity contribution in [3.8, 4) is 11.6 Å². The van der Waals surface area contributed by atoms with Crippen LogP contribution < -0.4 is 11.3 Å². The first-order valence-electron chi connectivity index (χ1n) is 10.7. The minimum absolute atomic E-state index is 0.141. The van der Waals surface area contributed by atoms with E-state index in [2.05, 4.69) is 18.4 Å². The molecule has 3 aromatic rings. The maximum atomic E-state index is 13.3. The first-order chi connectivity index (χ1) is 16.5. The Morgan fingerprint density at radius 2 is 1.91 bits per heavy atom. The van der Waals surface area contributed by atoms with E-state index < -0.39 is 32.4 Å². The number of aliphatic imine (C=N–C) groups is 1. The van der Waals surface area contributed by atoms with E-state index in [0.29, 0.717) is 5.88 Å². The van der Waals surface area contributed by atoms with E-state index >= 15 is 0 Å². The van der Waals surface area contributed by atoms with Gasteiger partial charge in [-0.1, -0.05) is 0 Å². The summed E-state index contributed by atoms with van der Waals surface area (Å²) in [5.74, 6) is 1.41. The summed E-state index contributed by atoms with van der Waals surface area (Å²) in [5, 5.41) is 0. The molecule has 5 rings (SSSR count). The van der Waals surface area contributed by atoms with Crippen LogP contribution in [0.3, 0.4) is 0 Å². The molecule has 0 saturated heterocycles. The van der Waals surface area contributed by atoms with Crippen LogP contribution >= 0.6 is 32.4 Å². The molecular weight excluding hydrogens is 663 g/mol. The Kier molecular flexibility index (Phi) is 7.00. The molecule has 1 aliphatic heterocycles. The molecule has 1 N–H and O–H groups in total. The van der Waals surface area contributed by atoms with Crippen molar-refractivity contribution >= 4 is 44.5 Å². The summed E-state index contributed by atoms with van der Waals surface area (Å²) < 4.78 is 29.6. The van der Waals surface area contributed by atoms with Crippen LogP contribution in [0.25, 0.3) is 0 Å². The summed E-state index contributed by atoms with van der Waals surface area (Å²) in [4.78, 5) is 23.7. The van der Waals surface area contributed by atoms with Crippen LogP contribution in [0.1, 0.15) is 35.6 Å². The third-order valence-electron chi connectivity index (χ3n) is 5.51. The molecule has 34 heavy (non-hydrogen) atoms. The van der Waals surface area contributed by atoms with Gasteiger partial charge in [-0.05, 0) is 0 Å². The van der Waals surface area contributed by atoms with Crippen LogP contribution in [0.4, 0.5) is 4.39 Å². The number of nitrogens with one attached hydrogen (secondary N) is 1. The molecule has 2 heterocycles. The molecule has 1 aliphatic carbocycles. The van der Waals surface area contributed by atoms with Crippen molar-refractivity contribution in [1.82, 2.24) is 8.51 Å². The van der Waals surface area contributed by atoms with Crippen LogP contribution in [-0.2, 0) is 4.79 Å². The monoisotopic (exact) mass is 687 g/mol. The fourth-order valence-electron chi connectivity index (χ4n) is 3.55. The number of alkyl halides is 1. The van der Waals surface area contributed by atoms with Gasteiger partial charge >= 0.3 is 210 Å². The van der Waals surface area contributed by atoms with Crippen LogP contribution in [0, 0.1) is 15.3 Å². The zero-order valence-corrected chi connectivity index (χ0v) is 23.0. The standard InChI is InChI=1S/C25H24FI2N3O3/c1-27(31-25(32)17-3-4-17)28(20-9-12-23(33-2)29-15-20)34-21-10-11-22-18(13-21)14-30-24(22)16-5-7-19(26)8-6-16/h5-15,17,24H,3-4H2,1-2H3,(H,31,32). The average molecular weight is 687 g/mol. The third-order valence-corrected chi connectivity index (χ3v) is 23.5. The Bertz CT molecular complexity index is 1220. The summed E-state index contributed by atoms with van der Waals surface area (Å²) in [6, 6.07) is 16.2. The second-order valence-corrected chi connectivity index (χ2v) is 26.8. The molecule has 1 unspecified atom stereocenters. The predicted octanol–water partition coefficient (Wildman–Crippen LogP) is 5.91. The maximum absolute atomic E-state index is 13.3. The minimum atomic E-state index is -2.22. The number of aromatic nitrogens is 1. The van der Waals surface area contributed by atoms with E-state index in [1.54, 1.807) is 19.2 Å². The molecule has 2 aliphatic rings. The average Bonchev–Trinajstić information content (AvgIpc) is 3.63. The van der Waals surface area contributed by atoms with E-state index in [1.807, 2.05) is 42.7 Å². The first kappa shape index (κ1) is 23.5. The van der Waals surface area contributed by atoms with Crippen LogP contribution in [0.5, 0.6) is 11.6 Å². The fourth-order valence-corrected chi connectivity index (χ4v) is 19.6. The molecule has 1 saturated carbocycles. The van der Waals surface area contributed by atoms with Crippen LogP contribution in [0.2, 0.25) is 0 Å². The Morgan fingerprint density at radius 3 is 2.59 bits per heavy atom. The molecule has 1 atom stereocenters. The fraction of sp³-hybridized carbons (Fsp3) is 0.240. The molecule has 0 bridgehead atoms. The first-order valence-corrected chi connectivity index (χ1v) is 22.2. The Morgan fingerprint density at radius 1 is 1.12 bits per heavy atom. The SMILES string of the molecule is COc1ccc(I(Oc2ccc3c(c2)C=NC3c2ccc(F)cc2)I(C)NC(=O)C2CC2)cn1. The Hall–Kier alpha value is -2.28. The second kappa shape index (κ2) is 10.1. The van der Waals surface area contributed by atoms with Crippen molar-refractivity contribution in [3.63, 3.8) is 0 Å². The Labute approximate surface area is 209 Å². The zero-order valence-electron chi connectivity index (χ0n) is 18.7. The summed E-state index contributed by atoms with van der Waals surface area (Å²) in [5.41, 5.74) is 3.01. The number of halogens is 3. The number of benzene rings is 2. The van der Waals surface area contributed by atoms with Gasteiger partial charge in [0.1, 0.15) is 0 Å². The number of fused-ring (bicyclic) bond motifs is 1. The topological polar surface area (TPSA) is 72.8 Å². The molecule has 1 aromatic heterocycles. The van der Waals surface area contributed by atoms with Gasteiger partial charge in [-0.2, -0.15) is 0 Å². The summed E-state index contributed by atoms with van der Waals surface area (Å²) in [7, 11) is 1.59. The van der Waals surface area contributed by atoms with Crippen molar-refractivity contribution in [2.24, 2.45) is 10.9 Å². The predicted molar refractivity (Wildman–Crippen MR) is 147 cm³/mol. The molecule has 2 aromatic carbocycles. The van der Waals surface area contributed by atoms with Crippen molar-refractivity contribution in [3.05, 3.63) is 86.9 Å². The van der Waals surface area contributed by atoms with Crippen LogP contribution in [0.15, 0.2) is 65.8 Å². The van der Waals surface area contributed by atoms with Gasteiger partial charge in [0.05, 0.1) is 0 Å². The number of carbonyl (C=O) groups is 1. The van der Waals surface area contributed by atoms with Gasteiger partial charge in [-0.25, -0.2) is 0 Å². The molecule has 0 spiro atoms. The van der Waals surface area contributed by atoms with E-state index in [1.165, 1.54) is 12.1 Å². The molecule has 1 fully saturated rings. The van der Waals surface area contributed by atoms with Crippen molar-refractivity contribution in [1.29, 1.82) is 0 Å². The normalized spacial score (nSPS) is 17.1. The third kappa shape index (κ3) is 5.19. The number of rotatable bonds is 8. The summed E-state index contributed by atoms with van der Waals surface area (Å²) in [6.07, 6.45) is 5.63. The number of ether oxygens (including phenoxy) is 1. The van der Waals surface area contributed by atoms with Gasteiger partial charge in [0.15, 0.2) is 0 Å². The van der Waals surface area contributed by atoms with E-state index in [-0.39, 0.29) is 23.7 Å². The summed E-state index contributed by atoms with van der Waals surface area (Å²) >= 11 is -4.14. The van der Waals surface area contributed by atoms with Gasteiger partial charge in [0.2, 0.25) is 0 Å². The van der Waals surface area contributed by atoms with E-state index in [4.69, 9.17) is 7.80 Å². The van der Waals surface area contributed by atoms with Gasteiger partial charge in [-0.3, -0.25) is 0 Å². The number of nitrogens with zero attached hydrogens (tertiary/aromatic N) is 2. The van der Waals surface area contributed by atoms with Crippen molar-refractivity contribution in [2.45, 2.75) is 18.9 Å². The van der Waals surface area contributed by atoms with Crippen LogP contribution in [-0.4, -0.2) is 29.1 Å².